The molecule has 0 spiro atoms. The van der Waals surface area contributed by atoms with Crippen molar-refractivity contribution in [1.82, 2.24) is 0 Å². The first kappa shape index (κ1) is 15.9. The Kier molecular flexibility index (Phi) is 5.32. The van der Waals surface area contributed by atoms with Crippen LogP contribution in [0, 0.1) is 6.92 Å². The molecule has 0 aliphatic carbocycles. The van der Waals surface area contributed by atoms with Crippen molar-refractivity contribution < 1.29 is 13.2 Å². The average molecular weight is 301 g/mol. The second-order valence-corrected chi connectivity index (χ2v) is 6.77. The van der Waals surface area contributed by atoms with Gasteiger partial charge in [-0.05, 0) is 48.2 Å². The first-order valence-electron chi connectivity index (χ1n) is 5.98. The number of hydrogen-bond acceptors (Lipinski definition) is 3. The molecule has 1 rings (SSSR count). The maximum Gasteiger partial charge on any atom is 0.252 e. The summed E-state index contributed by atoms with van der Waals surface area (Å²) in [6.07, 6.45) is 6.68. The van der Waals surface area contributed by atoms with Gasteiger partial charge in [0.2, 0.25) is 0 Å². The number of halogens is 1. The van der Waals surface area contributed by atoms with E-state index in [4.69, 9.17) is 11.6 Å². The number of benzene rings is 1. The SMILES string of the molecule is CCCC=Cc1cc(C)c(C(=O)Cl)cc1S(C)(=O)=O. The van der Waals surface area contributed by atoms with Crippen LogP contribution in [0.25, 0.3) is 6.08 Å². The maximum absolute atomic E-state index is 11.8. The molecule has 3 nitrogen and oxygen atoms in total. The van der Waals surface area contributed by atoms with Crippen LogP contribution in [0.15, 0.2) is 23.1 Å². The van der Waals surface area contributed by atoms with Crippen LogP contribution in [0.1, 0.15) is 41.3 Å². The van der Waals surface area contributed by atoms with Crippen LogP contribution in [-0.4, -0.2) is 19.9 Å². The molecule has 1 aromatic rings. The lowest BCUT2D eigenvalue weighted by atomic mass is 10.1. The zero-order chi connectivity index (χ0) is 14.6. The van der Waals surface area contributed by atoms with Gasteiger partial charge in [-0.3, -0.25) is 4.79 Å². The molecule has 0 N–H and O–H groups in total. The molecule has 0 fully saturated rings. The molecule has 0 saturated carbocycles. The van der Waals surface area contributed by atoms with E-state index in [9.17, 15) is 13.2 Å². The molecule has 0 radical (unpaired) electrons. The molecule has 0 amide bonds. The smallest absolute Gasteiger partial charge is 0.252 e. The molecular formula is C14H17ClO3S. The number of unbranched alkanes of at least 4 members (excludes halogenated alkanes) is 1. The molecule has 0 atom stereocenters. The first-order valence-corrected chi connectivity index (χ1v) is 8.25. The minimum absolute atomic E-state index is 0.134. The molecule has 0 bridgehead atoms. The van der Waals surface area contributed by atoms with Crippen LogP contribution in [0.5, 0.6) is 0 Å². The standard InChI is InChI=1S/C14H17ClO3S/c1-4-5-6-7-11-8-10(2)12(14(15)16)9-13(11)19(3,17)18/h6-9H,4-5H2,1-3H3. The van der Waals surface area contributed by atoms with Gasteiger partial charge in [-0.1, -0.05) is 25.5 Å². The van der Waals surface area contributed by atoms with E-state index in [1.807, 2.05) is 13.0 Å². The fraction of sp³-hybridized carbons (Fsp3) is 0.357. The van der Waals surface area contributed by atoms with E-state index in [-0.39, 0.29) is 10.5 Å². The molecule has 104 valence electrons. The lowest BCUT2D eigenvalue weighted by Gasteiger charge is -2.09. The third-order valence-corrected chi connectivity index (χ3v) is 4.08. The third kappa shape index (κ3) is 4.18. The predicted molar refractivity (Wildman–Crippen MR) is 78.4 cm³/mol. The molecule has 0 saturated heterocycles. The zero-order valence-corrected chi connectivity index (χ0v) is 12.8. The number of carbonyl (C=O) groups is 1. The minimum Gasteiger partial charge on any atom is -0.276 e. The fourth-order valence-corrected chi connectivity index (χ4v) is 2.84. The molecule has 5 heteroatoms. The van der Waals surface area contributed by atoms with Gasteiger partial charge in [0.05, 0.1) is 4.90 Å². The second kappa shape index (κ2) is 6.35. The molecule has 0 aliphatic heterocycles. The molecule has 0 aromatic heterocycles. The van der Waals surface area contributed by atoms with Gasteiger partial charge in [0, 0.05) is 11.8 Å². The summed E-state index contributed by atoms with van der Waals surface area (Å²) in [5, 5.41) is -0.647. The summed E-state index contributed by atoms with van der Waals surface area (Å²) in [7, 11) is -3.41. The lowest BCUT2D eigenvalue weighted by Crippen LogP contribution is -2.04. The largest absolute Gasteiger partial charge is 0.276 e. The van der Waals surface area contributed by atoms with E-state index in [1.54, 1.807) is 19.1 Å². The van der Waals surface area contributed by atoms with Crippen molar-refractivity contribution in [1.29, 1.82) is 0 Å². The Balaban J connectivity index is 3.46. The van der Waals surface area contributed by atoms with Crippen molar-refractivity contribution in [2.75, 3.05) is 6.26 Å². The van der Waals surface area contributed by atoms with Gasteiger partial charge >= 0.3 is 0 Å². The van der Waals surface area contributed by atoms with Crippen LogP contribution in [0.4, 0.5) is 0 Å². The molecule has 1 aromatic carbocycles. The van der Waals surface area contributed by atoms with Gasteiger partial charge < -0.3 is 0 Å². The summed E-state index contributed by atoms with van der Waals surface area (Å²) in [6.45, 7) is 3.78. The molecule has 0 heterocycles. The minimum atomic E-state index is -3.41. The summed E-state index contributed by atoms with van der Waals surface area (Å²) < 4.78 is 23.6. The van der Waals surface area contributed by atoms with E-state index in [0.717, 1.165) is 19.1 Å². The maximum atomic E-state index is 11.8. The highest BCUT2D eigenvalue weighted by Crippen LogP contribution is 2.24. The normalized spacial score (nSPS) is 12.0. The van der Waals surface area contributed by atoms with E-state index in [0.29, 0.717) is 11.1 Å². The first-order chi connectivity index (χ1) is 8.77. The summed E-state index contributed by atoms with van der Waals surface area (Å²) in [6, 6.07) is 3.03. The summed E-state index contributed by atoms with van der Waals surface area (Å²) in [5.41, 5.74) is 1.49. The molecule has 0 aliphatic rings. The van der Waals surface area contributed by atoms with E-state index >= 15 is 0 Å². The van der Waals surface area contributed by atoms with Crippen molar-refractivity contribution >= 4 is 32.8 Å². The number of aryl methyl sites for hydroxylation is 1. The van der Waals surface area contributed by atoms with E-state index < -0.39 is 15.1 Å². The Bertz CT molecular complexity index is 616. The predicted octanol–water partition coefficient (Wildman–Crippen LogP) is 3.59. The quantitative estimate of drug-likeness (QED) is 0.781. The average Bonchev–Trinajstić information content (AvgIpc) is 2.27. The molecule has 0 unspecified atom stereocenters. The second-order valence-electron chi connectivity index (χ2n) is 4.44. The number of allylic oxidation sites excluding steroid dienone is 1. The van der Waals surface area contributed by atoms with Crippen LogP contribution in [0.3, 0.4) is 0 Å². The highest BCUT2D eigenvalue weighted by Gasteiger charge is 2.17. The number of rotatable bonds is 5. The highest BCUT2D eigenvalue weighted by atomic mass is 35.5. The van der Waals surface area contributed by atoms with Crippen molar-refractivity contribution in [2.24, 2.45) is 0 Å². The number of hydrogen-bond donors (Lipinski definition) is 0. The van der Waals surface area contributed by atoms with Crippen LogP contribution >= 0.6 is 11.6 Å². The summed E-state index contributed by atoms with van der Waals surface area (Å²) in [5.74, 6) is 0. The van der Waals surface area contributed by atoms with Gasteiger partial charge in [-0.2, -0.15) is 0 Å². The Morgan fingerprint density at radius 1 is 1.37 bits per heavy atom. The van der Waals surface area contributed by atoms with Gasteiger partial charge in [0.15, 0.2) is 9.84 Å². The van der Waals surface area contributed by atoms with Gasteiger partial charge in [-0.25, -0.2) is 8.42 Å². The van der Waals surface area contributed by atoms with Gasteiger partial charge in [0.1, 0.15) is 0 Å². The summed E-state index contributed by atoms with van der Waals surface area (Å²) in [4.78, 5) is 11.4. The lowest BCUT2D eigenvalue weighted by molar-refractivity contribution is 0.108. The number of sulfone groups is 1. The molecule has 19 heavy (non-hydrogen) atoms. The third-order valence-electron chi connectivity index (χ3n) is 2.72. The Hall–Kier alpha value is -1.13. The van der Waals surface area contributed by atoms with Crippen molar-refractivity contribution in [2.45, 2.75) is 31.6 Å². The zero-order valence-electron chi connectivity index (χ0n) is 11.2. The van der Waals surface area contributed by atoms with Crippen LogP contribution in [0.2, 0.25) is 0 Å². The number of carbonyl (C=O) groups excluding carboxylic acids is 1. The van der Waals surface area contributed by atoms with Crippen molar-refractivity contribution in [3.8, 4) is 0 Å². The van der Waals surface area contributed by atoms with E-state index in [2.05, 4.69) is 0 Å². The highest BCUT2D eigenvalue weighted by molar-refractivity contribution is 7.90. The van der Waals surface area contributed by atoms with Crippen LogP contribution < -0.4 is 0 Å². The van der Waals surface area contributed by atoms with Crippen LogP contribution in [-0.2, 0) is 9.84 Å². The van der Waals surface area contributed by atoms with Crippen molar-refractivity contribution in [3.63, 3.8) is 0 Å². The van der Waals surface area contributed by atoms with Gasteiger partial charge in [0.25, 0.3) is 5.24 Å². The Morgan fingerprint density at radius 3 is 2.47 bits per heavy atom. The topological polar surface area (TPSA) is 51.2 Å². The monoisotopic (exact) mass is 300 g/mol. The van der Waals surface area contributed by atoms with E-state index in [1.165, 1.54) is 6.07 Å². The van der Waals surface area contributed by atoms with Crippen molar-refractivity contribution in [3.05, 3.63) is 34.9 Å². The summed E-state index contributed by atoms with van der Waals surface area (Å²) >= 11 is 5.46. The Morgan fingerprint density at radius 2 is 2.00 bits per heavy atom. The van der Waals surface area contributed by atoms with Gasteiger partial charge in [-0.15, -0.1) is 0 Å². The Labute approximate surface area is 119 Å². The molecular weight excluding hydrogens is 284 g/mol. The fourth-order valence-electron chi connectivity index (χ4n) is 1.75.